The third kappa shape index (κ3) is 3.56. The minimum absolute atomic E-state index is 0.243. The van der Waals surface area contributed by atoms with Crippen molar-refractivity contribution >= 4 is 51.5 Å². The van der Waals surface area contributed by atoms with Crippen LogP contribution >= 0.6 is 34.5 Å². The minimum atomic E-state index is -0.550. The van der Waals surface area contributed by atoms with Crippen LogP contribution in [0.4, 0.5) is 5.13 Å². The van der Waals surface area contributed by atoms with Gasteiger partial charge in [-0.3, -0.25) is 14.9 Å². The summed E-state index contributed by atoms with van der Waals surface area (Å²) in [6.45, 7) is 0.503. The molecule has 2 amide bonds. The van der Waals surface area contributed by atoms with Crippen LogP contribution in [0.3, 0.4) is 0 Å². The number of anilines is 1. The zero-order chi connectivity index (χ0) is 18.3. The number of rotatable bonds is 4. The predicted molar refractivity (Wildman–Crippen MR) is 101 cm³/mol. The van der Waals surface area contributed by atoms with Crippen LogP contribution in [0.2, 0.25) is 10.0 Å². The lowest BCUT2D eigenvalue weighted by Gasteiger charge is -2.24. The fraction of sp³-hybridized carbons (Fsp3) is 0.412. The summed E-state index contributed by atoms with van der Waals surface area (Å²) in [5.41, 5.74) is 0.311. The van der Waals surface area contributed by atoms with E-state index in [1.165, 1.54) is 17.4 Å². The molecule has 2 heterocycles. The third-order valence-corrected chi connectivity index (χ3v) is 6.14. The molecule has 4 rings (SSSR count). The zero-order valence-electron chi connectivity index (χ0n) is 13.7. The maximum Gasteiger partial charge on any atom is 0.256 e. The van der Waals surface area contributed by atoms with Crippen molar-refractivity contribution in [2.45, 2.75) is 37.6 Å². The van der Waals surface area contributed by atoms with Crippen molar-refractivity contribution in [3.63, 3.8) is 0 Å². The lowest BCUT2D eigenvalue weighted by Crippen LogP contribution is -2.43. The first-order valence-corrected chi connectivity index (χ1v) is 10.0. The number of carbonyl (C=O) groups is 2. The molecule has 2 aliphatic rings. The van der Waals surface area contributed by atoms with Crippen molar-refractivity contribution in [2.24, 2.45) is 0 Å². The first-order chi connectivity index (χ1) is 12.5. The summed E-state index contributed by atoms with van der Waals surface area (Å²) in [5, 5.41) is 13.2. The first-order valence-electron chi connectivity index (χ1n) is 8.43. The zero-order valence-corrected chi connectivity index (χ0v) is 16.1. The molecule has 0 unspecified atom stereocenters. The Hall–Kier alpha value is -1.70. The summed E-state index contributed by atoms with van der Waals surface area (Å²) in [6.07, 6.45) is 3.62. The van der Waals surface area contributed by atoms with E-state index in [-0.39, 0.29) is 11.8 Å². The number of likely N-dealkylation sites (tertiary alicyclic amines) is 1. The van der Waals surface area contributed by atoms with Crippen molar-refractivity contribution in [3.8, 4) is 0 Å². The van der Waals surface area contributed by atoms with Crippen LogP contribution in [-0.2, 0) is 4.79 Å². The SMILES string of the molecule is O=C(Nc1nnc(C2CC2)s1)[C@@H]1CCCN1C(=O)c1cc(Cl)ccc1Cl. The van der Waals surface area contributed by atoms with Crippen LogP contribution in [0, 0.1) is 0 Å². The number of carbonyl (C=O) groups excluding carboxylic acids is 2. The molecule has 6 nitrogen and oxygen atoms in total. The fourth-order valence-electron chi connectivity index (χ4n) is 3.07. The second-order valence-corrected chi connectivity index (χ2v) is 8.34. The third-order valence-electron chi connectivity index (χ3n) is 4.57. The Labute approximate surface area is 164 Å². The molecule has 1 aliphatic carbocycles. The van der Waals surface area contributed by atoms with E-state index in [0.717, 1.165) is 24.3 Å². The molecule has 1 aliphatic heterocycles. The van der Waals surface area contributed by atoms with E-state index in [4.69, 9.17) is 23.2 Å². The maximum atomic E-state index is 12.9. The smallest absolute Gasteiger partial charge is 0.256 e. The largest absolute Gasteiger partial charge is 0.327 e. The number of hydrogen-bond donors (Lipinski definition) is 1. The number of halogens is 2. The Morgan fingerprint density at radius 2 is 2.00 bits per heavy atom. The molecule has 0 spiro atoms. The van der Waals surface area contributed by atoms with E-state index in [1.54, 1.807) is 17.0 Å². The van der Waals surface area contributed by atoms with Crippen LogP contribution in [-0.4, -0.2) is 39.5 Å². The average Bonchev–Trinajstić information content (AvgIpc) is 3.17. The number of benzene rings is 1. The molecule has 1 saturated carbocycles. The monoisotopic (exact) mass is 410 g/mol. The fourth-order valence-corrected chi connectivity index (χ4v) is 4.35. The molecule has 1 aromatic carbocycles. The van der Waals surface area contributed by atoms with Gasteiger partial charge in [0.15, 0.2) is 0 Å². The maximum absolute atomic E-state index is 12.9. The van der Waals surface area contributed by atoms with Crippen LogP contribution < -0.4 is 5.32 Å². The van der Waals surface area contributed by atoms with E-state index < -0.39 is 6.04 Å². The molecular weight excluding hydrogens is 395 g/mol. The van der Waals surface area contributed by atoms with Crippen molar-refractivity contribution in [1.82, 2.24) is 15.1 Å². The highest BCUT2D eigenvalue weighted by Crippen LogP contribution is 2.42. The van der Waals surface area contributed by atoms with Gasteiger partial charge in [0, 0.05) is 17.5 Å². The summed E-state index contributed by atoms with van der Waals surface area (Å²) in [5.74, 6) is -0.0359. The minimum Gasteiger partial charge on any atom is -0.327 e. The van der Waals surface area contributed by atoms with Crippen LogP contribution in [0.5, 0.6) is 0 Å². The predicted octanol–water partition coefficient (Wildman–Crippen LogP) is 3.97. The number of nitrogens with zero attached hydrogens (tertiary/aromatic N) is 3. The normalized spacial score (nSPS) is 19.6. The van der Waals surface area contributed by atoms with Crippen molar-refractivity contribution in [1.29, 1.82) is 0 Å². The van der Waals surface area contributed by atoms with Gasteiger partial charge in [-0.05, 0) is 43.9 Å². The highest BCUT2D eigenvalue weighted by atomic mass is 35.5. The standard InChI is InChI=1S/C17H16Cl2N4O2S/c18-10-5-6-12(19)11(8-10)16(25)23-7-1-2-13(23)14(24)20-17-22-21-15(26-17)9-3-4-9/h5-6,8-9,13H,1-4,7H2,(H,20,22,24)/t13-/m0/s1. The van der Waals surface area contributed by atoms with Crippen LogP contribution in [0.1, 0.15) is 47.0 Å². The van der Waals surface area contributed by atoms with Gasteiger partial charge in [-0.15, -0.1) is 10.2 Å². The van der Waals surface area contributed by atoms with Gasteiger partial charge < -0.3 is 4.90 Å². The van der Waals surface area contributed by atoms with E-state index in [0.29, 0.717) is 39.6 Å². The van der Waals surface area contributed by atoms with E-state index in [9.17, 15) is 9.59 Å². The Bertz CT molecular complexity index is 868. The topological polar surface area (TPSA) is 75.2 Å². The Balaban J connectivity index is 1.48. The molecule has 2 fully saturated rings. The van der Waals surface area contributed by atoms with Crippen molar-refractivity contribution in [2.75, 3.05) is 11.9 Å². The van der Waals surface area contributed by atoms with Gasteiger partial charge in [0.25, 0.3) is 5.91 Å². The average molecular weight is 411 g/mol. The molecule has 9 heteroatoms. The quantitative estimate of drug-likeness (QED) is 0.826. The van der Waals surface area contributed by atoms with Crippen LogP contribution in [0.25, 0.3) is 0 Å². The van der Waals surface area contributed by atoms with Gasteiger partial charge in [-0.2, -0.15) is 0 Å². The van der Waals surface area contributed by atoms with Gasteiger partial charge in [0.1, 0.15) is 11.0 Å². The Morgan fingerprint density at radius 1 is 1.19 bits per heavy atom. The Kier molecular flexibility index (Phi) is 4.86. The van der Waals surface area contributed by atoms with E-state index in [2.05, 4.69) is 15.5 Å². The number of aromatic nitrogens is 2. The van der Waals surface area contributed by atoms with Crippen LogP contribution in [0.15, 0.2) is 18.2 Å². The second kappa shape index (κ2) is 7.13. The molecular formula is C17H16Cl2N4O2S. The summed E-state index contributed by atoms with van der Waals surface area (Å²) >= 11 is 13.5. The lowest BCUT2D eigenvalue weighted by molar-refractivity contribution is -0.119. The van der Waals surface area contributed by atoms with Gasteiger partial charge in [0.2, 0.25) is 11.0 Å². The van der Waals surface area contributed by atoms with Crippen molar-refractivity contribution < 1.29 is 9.59 Å². The lowest BCUT2D eigenvalue weighted by atomic mass is 10.1. The van der Waals surface area contributed by atoms with Gasteiger partial charge in [0.05, 0.1) is 10.6 Å². The highest BCUT2D eigenvalue weighted by molar-refractivity contribution is 7.15. The molecule has 0 bridgehead atoms. The number of hydrogen-bond acceptors (Lipinski definition) is 5. The van der Waals surface area contributed by atoms with Crippen molar-refractivity contribution in [3.05, 3.63) is 38.8 Å². The summed E-state index contributed by atoms with van der Waals surface area (Å²) in [7, 11) is 0. The molecule has 1 N–H and O–H groups in total. The molecule has 1 saturated heterocycles. The summed E-state index contributed by atoms with van der Waals surface area (Å²) < 4.78 is 0. The number of amides is 2. The highest BCUT2D eigenvalue weighted by Gasteiger charge is 2.36. The molecule has 26 heavy (non-hydrogen) atoms. The number of nitrogens with one attached hydrogen (secondary N) is 1. The molecule has 136 valence electrons. The first kappa shape index (κ1) is 17.7. The Morgan fingerprint density at radius 3 is 2.77 bits per heavy atom. The van der Waals surface area contributed by atoms with E-state index in [1.807, 2.05) is 0 Å². The second-order valence-electron chi connectivity index (χ2n) is 6.49. The molecule has 2 aromatic rings. The van der Waals surface area contributed by atoms with E-state index >= 15 is 0 Å². The van der Waals surface area contributed by atoms with Gasteiger partial charge in [-0.1, -0.05) is 34.5 Å². The summed E-state index contributed by atoms with van der Waals surface area (Å²) in [4.78, 5) is 27.1. The van der Waals surface area contributed by atoms with Gasteiger partial charge in [-0.25, -0.2) is 0 Å². The molecule has 1 aromatic heterocycles. The summed E-state index contributed by atoms with van der Waals surface area (Å²) in [6, 6.07) is 4.20. The molecule has 1 atom stereocenters. The van der Waals surface area contributed by atoms with Gasteiger partial charge >= 0.3 is 0 Å². The molecule has 0 radical (unpaired) electrons.